The lowest BCUT2D eigenvalue weighted by Gasteiger charge is -2.44. The van der Waals surface area contributed by atoms with E-state index >= 15 is 0 Å². The molecule has 148 valence electrons. The number of ether oxygens (including phenoxy) is 2. The molecule has 2 N–H and O–H groups in total. The number of benzene rings is 2. The number of methoxy groups -OCH3 is 1. The fraction of sp³-hybridized carbons (Fsp3) is 0.409. The van der Waals surface area contributed by atoms with Gasteiger partial charge in [0.1, 0.15) is 17.1 Å². The van der Waals surface area contributed by atoms with Gasteiger partial charge in [-0.15, -0.1) is 0 Å². The first kappa shape index (κ1) is 18.8. The number of carbonyl (C=O) groups excluding carboxylic acids is 1. The minimum atomic E-state index is -0.491. The van der Waals surface area contributed by atoms with Crippen LogP contribution in [0.5, 0.6) is 11.5 Å². The summed E-state index contributed by atoms with van der Waals surface area (Å²) in [7, 11) is 1.68. The zero-order valence-electron chi connectivity index (χ0n) is 16.1. The van der Waals surface area contributed by atoms with E-state index in [4.69, 9.17) is 14.7 Å². The number of fused-ring (bicyclic) bond motifs is 1. The zero-order valence-corrected chi connectivity index (χ0v) is 16.1. The second-order valence-corrected chi connectivity index (χ2v) is 7.67. The Morgan fingerprint density at radius 2 is 1.93 bits per heavy atom. The molecule has 0 aliphatic carbocycles. The van der Waals surface area contributed by atoms with E-state index in [0.717, 1.165) is 62.4 Å². The van der Waals surface area contributed by atoms with E-state index in [9.17, 15) is 4.79 Å². The molecule has 0 bridgehead atoms. The second kappa shape index (κ2) is 7.81. The molecule has 28 heavy (non-hydrogen) atoms. The van der Waals surface area contributed by atoms with E-state index in [-0.39, 0.29) is 5.60 Å². The molecule has 2 aliphatic rings. The van der Waals surface area contributed by atoms with E-state index in [1.165, 1.54) is 5.56 Å². The lowest BCUT2D eigenvalue weighted by atomic mass is 9.82. The van der Waals surface area contributed by atoms with Crippen molar-refractivity contribution in [2.45, 2.75) is 37.8 Å². The molecule has 0 atom stereocenters. The summed E-state index contributed by atoms with van der Waals surface area (Å²) in [5.41, 5.74) is 4.36. The van der Waals surface area contributed by atoms with Gasteiger partial charge in [-0.3, -0.25) is 14.9 Å². The van der Waals surface area contributed by atoms with Crippen molar-refractivity contribution in [3.8, 4) is 11.5 Å². The maximum atomic E-state index is 11.6. The van der Waals surface area contributed by atoms with Crippen molar-refractivity contribution in [2.24, 2.45) is 0 Å². The minimum absolute atomic E-state index is 0.107. The van der Waals surface area contributed by atoms with Gasteiger partial charge in [0.05, 0.1) is 7.11 Å². The molecule has 4 rings (SSSR count). The molecule has 1 fully saturated rings. The molecule has 2 aliphatic heterocycles. The van der Waals surface area contributed by atoms with Crippen LogP contribution in [0, 0.1) is 0 Å². The lowest BCUT2D eigenvalue weighted by Crippen LogP contribution is -2.49. The van der Waals surface area contributed by atoms with Gasteiger partial charge in [0.2, 0.25) is 0 Å². The van der Waals surface area contributed by atoms with Gasteiger partial charge in [-0.2, -0.15) is 0 Å². The first-order chi connectivity index (χ1) is 13.6. The Bertz CT molecular complexity index is 842. The van der Waals surface area contributed by atoms with Gasteiger partial charge < -0.3 is 9.47 Å². The van der Waals surface area contributed by atoms with Crippen molar-refractivity contribution >= 4 is 5.91 Å². The van der Waals surface area contributed by atoms with Crippen molar-refractivity contribution < 1.29 is 19.5 Å². The first-order valence-corrected chi connectivity index (χ1v) is 9.72. The summed E-state index contributed by atoms with van der Waals surface area (Å²) >= 11 is 0. The monoisotopic (exact) mass is 382 g/mol. The smallest absolute Gasteiger partial charge is 0.274 e. The summed E-state index contributed by atoms with van der Waals surface area (Å²) in [5, 5.41) is 8.81. The van der Waals surface area contributed by atoms with Gasteiger partial charge in [0.15, 0.2) is 0 Å². The number of rotatable bonds is 4. The third-order valence-corrected chi connectivity index (χ3v) is 5.93. The van der Waals surface area contributed by atoms with Crippen LogP contribution in [-0.2, 0) is 13.0 Å². The normalized spacial score (nSPS) is 18.2. The van der Waals surface area contributed by atoms with Crippen LogP contribution in [0.15, 0.2) is 42.5 Å². The Morgan fingerprint density at radius 1 is 1.18 bits per heavy atom. The predicted molar refractivity (Wildman–Crippen MR) is 105 cm³/mol. The third-order valence-electron chi connectivity index (χ3n) is 5.93. The predicted octanol–water partition coefficient (Wildman–Crippen LogP) is 3.17. The highest BCUT2D eigenvalue weighted by Crippen LogP contribution is 2.39. The highest BCUT2D eigenvalue weighted by molar-refractivity contribution is 5.93. The zero-order chi connectivity index (χ0) is 19.6. The number of piperidine rings is 1. The summed E-state index contributed by atoms with van der Waals surface area (Å²) in [6.45, 7) is 2.95. The Morgan fingerprint density at radius 3 is 2.61 bits per heavy atom. The highest BCUT2D eigenvalue weighted by Gasteiger charge is 2.39. The van der Waals surface area contributed by atoms with Crippen LogP contribution >= 0.6 is 0 Å². The number of likely N-dealkylation sites (tertiary alicyclic amines) is 1. The minimum Gasteiger partial charge on any atom is -0.497 e. The molecule has 1 saturated heterocycles. The lowest BCUT2D eigenvalue weighted by molar-refractivity contribution is -0.0163. The van der Waals surface area contributed by atoms with Gasteiger partial charge in [-0.1, -0.05) is 12.1 Å². The molecule has 1 spiro atoms. The maximum absolute atomic E-state index is 11.6. The van der Waals surface area contributed by atoms with Gasteiger partial charge >= 0.3 is 0 Å². The number of nitrogens with one attached hydrogen (secondary N) is 1. The van der Waals surface area contributed by atoms with Gasteiger partial charge in [0.25, 0.3) is 5.91 Å². The molecule has 2 aromatic rings. The Labute approximate surface area is 165 Å². The Kier molecular flexibility index (Phi) is 5.24. The van der Waals surface area contributed by atoms with Gasteiger partial charge in [-0.25, -0.2) is 5.48 Å². The molecule has 0 radical (unpaired) electrons. The highest BCUT2D eigenvalue weighted by atomic mass is 16.5. The van der Waals surface area contributed by atoms with Crippen molar-refractivity contribution in [3.05, 3.63) is 59.2 Å². The van der Waals surface area contributed by atoms with Crippen molar-refractivity contribution in [1.29, 1.82) is 0 Å². The summed E-state index contributed by atoms with van der Waals surface area (Å²) in [6.07, 6.45) is 3.85. The summed E-state index contributed by atoms with van der Waals surface area (Å²) in [6, 6.07) is 13.6. The molecule has 0 saturated carbocycles. The van der Waals surface area contributed by atoms with Crippen LogP contribution in [0.3, 0.4) is 0 Å². The summed E-state index contributed by atoms with van der Waals surface area (Å²) < 4.78 is 11.6. The second-order valence-electron chi connectivity index (χ2n) is 7.67. The summed E-state index contributed by atoms with van der Waals surface area (Å²) in [5.74, 6) is 1.26. The molecular weight excluding hydrogens is 356 g/mol. The third kappa shape index (κ3) is 3.84. The molecule has 0 unspecified atom stereocenters. The number of hydrogen-bond acceptors (Lipinski definition) is 5. The standard InChI is InChI=1S/C22H26N2O4/c1-27-19-5-2-16(3-6-19)15-24-12-10-22(11-13-24)9-8-17-14-18(21(25)23-26)4-7-20(17)28-22/h2-7,14,26H,8-13,15H2,1H3,(H,23,25). The Hall–Kier alpha value is -2.57. The molecular formula is C22H26N2O4. The molecule has 2 aromatic carbocycles. The number of hydroxylamine groups is 1. The summed E-state index contributed by atoms with van der Waals surface area (Å²) in [4.78, 5) is 14.1. The average Bonchev–Trinajstić information content (AvgIpc) is 2.75. The van der Waals surface area contributed by atoms with Crippen LogP contribution < -0.4 is 15.0 Å². The average molecular weight is 382 g/mol. The van der Waals surface area contributed by atoms with Gasteiger partial charge in [0, 0.05) is 25.2 Å². The first-order valence-electron chi connectivity index (χ1n) is 9.72. The number of aryl methyl sites for hydroxylation is 1. The van der Waals surface area contributed by atoms with E-state index in [0.29, 0.717) is 5.56 Å². The molecule has 1 amide bonds. The number of hydrogen-bond donors (Lipinski definition) is 2. The van der Waals surface area contributed by atoms with Crippen LogP contribution in [0.25, 0.3) is 0 Å². The van der Waals surface area contributed by atoms with E-state index in [2.05, 4.69) is 17.0 Å². The van der Waals surface area contributed by atoms with Crippen molar-refractivity contribution in [1.82, 2.24) is 10.4 Å². The fourth-order valence-corrected chi connectivity index (χ4v) is 4.19. The largest absolute Gasteiger partial charge is 0.497 e. The van der Waals surface area contributed by atoms with Crippen LogP contribution in [-0.4, -0.2) is 41.8 Å². The topological polar surface area (TPSA) is 71.0 Å². The van der Waals surface area contributed by atoms with E-state index in [1.54, 1.807) is 18.7 Å². The molecule has 2 heterocycles. The number of nitrogens with zero attached hydrogens (tertiary/aromatic N) is 1. The van der Waals surface area contributed by atoms with Crippen LogP contribution in [0.1, 0.15) is 40.7 Å². The van der Waals surface area contributed by atoms with Crippen LogP contribution in [0.2, 0.25) is 0 Å². The SMILES string of the molecule is COc1ccc(CN2CCC3(CCc4cc(C(=O)NO)ccc4O3)CC2)cc1. The molecule has 6 heteroatoms. The quantitative estimate of drug-likeness (QED) is 0.628. The van der Waals surface area contributed by atoms with Crippen LogP contribution in [0.4, 0.5) is 0 Å². The fourth-order valence-electron chi connectivity index (χ4n) is 4.19. The van der Waals surface area contributed by atoms with Gasteiger partial charge in [-0.05, 0) is 67.1 Å². The Balaban J connectivity index is 1.37. The van der Waals surface area contributed by atoms with Crippen molar-refractivity contribution in [2.75, 3.05) is 20.2 Å². The maximum Gasteiger partial charge on any atom is 0.274 e. The van der Waals surface area contributed by atoms with E-state index < -0.39 is 5.91 Å². The van der Waals surface area contributed by atoms with Crippen molar-refractivity contribution in [3.63, 3.8) is 0 Å². The van der Waals surface area contributed by atoms with E-state index in [1.807, 2.05) is 24.3 Å². The number of carbonyl (C=O) groups is 1. The molecule has 6 nitrogen and oxygen atoms in total. The molecule has 0 aromatic heterocycles. The number of amides is 1.